The minimum Gasteiger partial charge on any atom is -0.494 e. The zero-order valence-corrected chi connectivity index (χ0v) is 27.2. The molecule has 3 rings (SSSR count). The van der Waals surface area contributed by atoms with Crippen molar-refractivity contribution in [2.24, 2.45) is 0 Å². The first kappa shape index (κ1) is 39.3. The molecule has 0 spiro atoms. The van der Waals surface area contributed by atoms with Gasteiger partial charge in [0.25, 0.3) is 0 Å². The van der Waals surface area contributed by atoms with Crippen LogP contribution in [0.3, 0.4) is 0 Å². The van der Waals surface area contributed by atoms with Crippen LogP contribution in [0.15, 0.2) is 72.8 Å². The maximum atomic E-state index is 13.0. The van der Waals surface area contributed by atoms with Gasteiger partial charge in [-0.25, -0.2) is 14.4 Å². The van der Waals surface area contributed by atoms with Crippen LogP contribution in [0.5, 0.6) is 11.5 Å². The van der Waals surface area contributed by atoms with Gasteiger partial charge in [-0.05, 0) is 85.5 Å². The van der Waals surface area contributed by atoms with Gasteiger partial charge in [-0.3, -0.25) is 0 Å². The van der Waals surface area contributed by atoms with E-state index in [-0.39, 0.29) is 30.3 Å². The second-order valence-electron chi connectivity index (χ2n) is 11.3. The van der Waals surface area contributed by atoms with Crippen molar-refractivity contribution >= 4 is 35.4 Å². The molecule has 0 fully saturated rings. The van der Waals surface area contributed by atoms with Gasteiger partial charge in [-0.15, -0.1) is 0 Å². The van der Waals surface area contributed by atoms with E-state index in [1.165, 1.54) is 54.6 Å². The number of hydrogen-bond acceptors (Lipinski definition) is 9. The summed E-state index contributed by atoms with van der Waals surface area (Å²) in [7, 11) is 0. The van der Waals surface area contributed by atoms with Gasteiger partial charge >= 0.3 is 30.0 Å². The molecule has 0 saturated heterocycles. The van der Waals surface area contributed by atoms with E-state index in [0.717, 1.165) is 32.1 Å². The second-order valence-corrected chi connectivity index (χ2v) is 11.3. The SMILES string of the molecule is Nc1cc(N)cc(C(=O)OCCCCCCCCOC(=O)/C=C/c2ccc(OC(=O)c3ccc(OCCCC(F)(F)C(F)(F)F)cc3)cc2)c1. The van der Waals surface area contributed by atoms with Gasteiger partial charge < -0.3 is 30.4 Å². The summed E-state index contributed by atoms with van der Waals surface area (Å²) in [4.78, 5) is 36.6. The monoisotopic (exact) mass is 706 g/mol. The summed E-state index contributed by atoms with van der Waals surface area (Å²) < 4.78 is 83.6. The molecule has 0 amide bonds. The van der Waals surface area contributed by atoms with Crippen molar-refractivity contribution in [1.29, 1.82) is 0 Å². The highest BCUT2D eigenvalue weighted by atomic mass is 19.4. The number of unbranched alkanes of at least 4 members (excludes halogenated alkanes) is 5. The van der Waals surface area contributed by atoms with Gasteiger partial charge in [0.1, 0.15) is 11.5 Å². The Kier molecular flexibility index (Phi) is 15.1. The first-order valence-corrected chi connectivity index (χ1v) is 15.9. The van der Waals surface area contributed by atoms with Crippen LogP contribution >= 0.6 is 0 Å². The van der Waals surface area contributed by atoms with Gasteiger partial charge in [0.15, 0.2) is 0 Å². The second kappa shape index (κ2) is 19.2. The van der Waals surface area contributed by atoms with Crippen molar-refractivity contribution in [1.82, 2.24) is 0 Å². The predicted octanol–water partition coefficient (Wildman–Crippen LogP) is 8.18. The summed E-state index contributed by atoms with van der Waals surface area (Å²) in [6.07, 6.45) is 0.477. The molecule has 0 unspecified atom stereocenters. The topological polar surface area (TPSA) is 140 Å². The standard InChI is InChI=1S/C36H39F5N2O7/c37-35(38,36(39,40)41)18-7-21-47-30-15-11-26(12-16-30)34(46)50-31-13-8-25(9-14-31)10-17-32(44)48-19-5-3-1-2-4-6-20-49-33(45)27-22-28(42)24-29(43)23-27/h8-17,22-24H,1-7,18-21,42-43H2/b17-10+. The molecular weight excluding hydrogens is 667 g/mol. The molecule has 0 heterocycles. The van der Waals surface area contributed by atoms with Crippen molar-refractivity contribution in [3.63, 3.8) is 0 Å². The van der Waals surface area contributed by atoms with Crippen LogP contribution in [-0.4, -0.2) is 49.8 Å². The number of halogens is 5. The summed E-state index contributed by atoms with van der Waals surface area (Å²) >= 11 is 0. The average Bonchev–Trinajstić information content (AvgIpc) is 3.06. The van der Waals surface area contributed by atoms with E-state index in [9.17, 15) is 36.3 Å². The zero-order valence-electron chi connectivity index (χ0n) is 27.2. The summed E-state index contributed by atoms with van der Waals surface area (Å²) in [5.74, 6) is -5.98. The summed E-state index contributed by atoms with van der Waals surface area (Å²) in [5, 5.41) is 0. The summed E-state index contributed by atoms with van der Waals surface area (Å²) in [6, 6.07) is 16.4. The zero-order chi connectivity index (χ0) is 36.6. The lowest BCUT2D eigenvalue weighted by atomic mass is 10.1. The van der Waals surface area contributed by atoms with Gasteiger partial charge in [0.05, 0.1) is 30.9 Å². The lowest BCUT2D eigenvalue weighted by Crippen LogP contribution is -2.36. The Hall–Kier alpha value is -5.14. The fourth-order valence-corrected chi connectivity index (χ4v) is 4.47. The van der Waals surface area contributed by atoms with Gasteiger partial charge in [-0.2, -0.15) is 22.0 Å². The van der Waals surface area contributed by atoms with Crippen LogP contribution in [0.25, 0.3) is 6.08 Å². The van der Waals surface area contributed by atoms with Gasteiger partial charge in [0.2, 0.25) is 0 Å². The summed E-state index contributed by atoms with van der Waals surface area (Å²) in [6.45, 7) is 0.230. The normalized spacial score (nSPS) is 11.7. The van der Waals surface area contributed by atoms with Crippen molar-refractivity contribution in [3.8, 4) is 11.5 Å². The van der Waals surface area contributed by atoms with Crippen molar-refractivity contribution < 1.29 is 55.3 Å². The number of nitrogen functional groups attached to an aromatic ring is 2. The van der Waals surface area contributed by atoms with Crippen LogP contribution in [0, 0.1) is 0 Å². The van der Waals surface area contributed by atoms with E-state index in [0.29, 0.717) is 35.5 Å². The molecule has 270 valence electrons. The van der Waals surface area contributed by atoms with Crippen LogP contribution in [-0.2, 0) is 14.3 Å². The van der Waals surface area contributed by atoms with Crippen LogP contribution in [0.4, 0.5) is 33.3 Å². The third-order valence-electron chi connectivity index (χ3n) is 7.14. The molecule has 3 aromatic rings. The van der Waals surface area contributed by atoms with E-state index >= 15 is 0 Å². The molecule has 0 aromatic heterocycles. The molecule has 9 nitrogen and oxygen atoms in total. The van der Waals surface area contributed by atoms with Crippen molar-refractivity contribution in [2.45, 2.75) is 63.5 Å². The van der Waals surface area contributed by atoms with E-state index in [4.69, 9.17) is 30.4 Å². The van der Waals surface area contributed by atoms with E-state index in [1.54, 1.807) is 24.3 Å². The fraction of sp³-hybridized carbons (Fsp3) is 0.361. The highest BCUT2D eigenvalue weighted by Crippen LogP contribution is 2.38. The van der Waals surface area contributed by atoms with Crippen molar-refractivity contribution in [3.05, 3.63) is 89.5 Å². The highest BCUT2D eigenvalue weighted by molar-refractivity contribution is 5.92. The van der Waals surface area contributed by atoms with Crippen molar-refractivity contribution in [2.75, 3.05) is 31.3 Å². The largest absolute Gasteiger partial charge is 0.494 e. The third-order valence-corrected chi connectivity index (χ3v) is 7.14. The molecule has 4 N–H and O–H groups in total. The number of alkyl halides is 5. The lowest BCUT2D eigenvalue weighted by Gasteiger charge is -2.19. The first-order valence-electron chi connectivity index (χ1n) is 15.9. The maximum Gasteiger partial charge on any atom is 0.453 e. The molecule has 3 aromatic carbocycles. The fourth-order valence-electron chi connectivity index (χ4n) is 4.47. The Balaban J connectivity index is 1.25. The molecule has 0 aliphatic heterocycles. The molecule has 50 heavy (non-hydrogen) atoms. The maximum absolute atomic E-state index is 13.0. The first-order chi connectivity index (χ1) is 23.7. The number of benzene rings is 3. The number of hydrogen-bond donors (Lipinski definition) is 2. The third kappa shape index (κ3) is 13.8. The number of carbonyl (C=O) groups is 3. The quantitative estimate of drug-likeness (QED) is 0.0315. The Morgan fingerprint density at radius 3 is 1.78 bits per heavy atom. The number of esters is 3. The minimum atomic E-state index is -5.61. The Morgan fingerprint density at radius 1 is 0.620 bits per heavy atom. The van der Waals surface area contributed by atoms with Crippen LogP contribution < -0.4 is 20.9 Å². The molecule has 0 aliphatic carbocycles. The predicted molar refractivity (Wildman–Crippen MR) is 177 cm³/mol. The van der Waals surface area contributed by atoms with E-state index in [2.05, 4.69) is 0 Å². The Morgan fingerprint density at radius 2 is 1.18 bits per heavy atom. The molecule has 0 saturated carbocycles. The number of nitrogens with two attached hydrogens (primary N) is 2. The number of carbonyl (C=O) groups excluding carboxylic acids is 3. The molecular formula is C36H39F5N2O7. The van der Waals surface area contributed by atoms with E-state index in [1.807, 2.05) is 0 Å². The Labute approximate surface area is 286 Å². The van der Waals surface area contributed by atoms with Crippen LogP contribution in [0.1, 0.15) is 77.6 Å². The Bertz CT molecular complexity index is 1560. The molecule has 0 atom stereocenters. The molecule has 14 heteroatoms. The highest BCUT2D eigenvalue weighted by Gasteiger charge is 2.56. The minimum absolute atomic E-state index is 0.160. The smallest absolute Gasteiger partial charge is 0.453 e. The number of anilines is 2. The summed E-state index contributed by atoms with van der Waals surface area (Å²) in [5.41, 5.74) is 13.3. The number of ether oxygens (including phenoxy) is 4. The van der Waals surface area contributed by atoms with Crippen LogP contribution in [0.2, 0.25) is 0 Å². The average molecular weight is 707 g/mol. The van der Waals surface area contributed by atoms with E-state index < -0.39 is 42.8 Å². The van der Waals surface area contributed by atoms with Gasteiger partial charge in [-0.1, -0.05) is 37.8 Å². The molecule has 0 bridgehead atoms. The molecule has 0 radical (unpaired) electrons. The number of rotatable bonds is 19. The van der Waals surface area contributed by atoms with Gasteiger partial charge in [0, 0.05) is 23.9 Å². The molecule has 0 aliphatic rings. The lowest BCUT2D eigenvalue weighted by molar-refractivity contribution is -0.284.